The fourth-order valence-electron chi connectivity index (χ4n) is 3.01. The Hall–Kier alpha value is -1.42. The van der Waals surface area contributed by atoms with Gasteiger partial charge in [0.2, 0.25) is 5.91 Å². The predicted molar refractivity (Wildman–Crippen MR) is 86.9 cm³/mol. The SMILES string of the molecule is CCCCCNC(=O)C1CCCN(Cc2ccccc2F)C1. The van der Waals surface area contributed by atoms with Gasteiger partial charge in [-0.05, 0) is 31.9 Å². The number of unbranched alkanes of at least 4 members (excludes halogenated alkanes) is 2. The lowest BCUT2D eigenvalue weighted by Crippen LogP contribution is -2.43. The molecule has 1 aliphatic heterocycles. The highest BCUT2D eigenvalue weighted by atomic mass is 19.1. The maximum atomic E-state index is 13.7. The van der Waals surface area contributed by atoms with Gasteiger partial charge >= 0.3 is 0 Å². The normalized spacial score (nSPS) is 19.1. The summed E-state index contributed by atoms with van der Waals surface area (Å²) in [5.74, 6) is 0.0464. The average molecular weight is 306 g/mol. The Morgan fingerprint density at radius 3 is 2.95 bits per heavy atom. The predicted octanol–water partition coefficient (Wildman–Crippen LogP) is 3.34. The Bertz CT molecular complexity index is 478. The van der Waals surface area contributed by atoms with Gasteiger partial charge in [-0.25, -0.2) is 4.39 Å². The number of nitrogens with one attached hydrogen (secondary N) is 1. The molecule has 0 saturated carbocycles. The minimum Gasteiger partial charge on any atom is -0.356 e. The second-order valence-corrected chi connectivity index (χ2v) is 6.16. The molecule has 122 valence electrons. The van der Waals surface area contributed by atoms with Gasteiger partial charge in [-0.15, -0.1) is 0 Å². The lowest BCUT2D eigenvalue weighted by Gasteiger charge is -2.32. The van der Waals surface area contributed by atoms with E-state index in [1.54, 1.807) is 6.07 Å². The van der Waals surface area contributed by atoms with Crippen molar-refractivity contribution in [1.29, 1.82) is 0 Å². The first-order chi connectivity index (χ1) is 10.7. The number of rotatable bonds is 7. The largest absolute Gasteiger partial charge is 0.356 e. The minimum atomic E-state index is -0.159. The van der Waals surface area contributed by atoms with Crippen molar-refractivity contribution in [3.63, 3.8) is 0 Å². The first-order valence-electron chi connectivity index (χ1n) is 8.44. The smallest absolute Gasteiger partial charge is 0.224 e. The van der Waals surface area contributed by atoms with E-state index in [0.717, 1.165) is 51.7 Å². The molecule has 1 amide bonds. The fourth-order valence-corrected chi connectivity index (χ4v) is 3.01. The topological polar surface area (TPSA) is 32.3 Å². The summed E-state index contributed by atoms with van der Waals surface area (Å²) in [5.41, 5.74) is 0.714. The van der Waals surface area contributed by atoms with Gasteiger partial charge in [-0.2, -0.15) is 0 Å². The monoisotopic (exact) mass is 306 g/mol. The molecular formula is C18H27FN2O. The third-order valence-electron chi connectivity index (χ3n) is 4.31. The molecule has 2 rings (SSSR count). The molecule has 22 heavy (non-hydrogen) atoms. The molecule has 1 atom stereocenters. The Kier molecular flexibility index (Phi) is 6.84. The van der Waals surface area contributed by atoms with Gasteiger partial charge in [0.05, 0.1) is 5.92 Å². The molecule has 4 heteroatoms. The van der Waals surface area contributed by atoms with Crippen molar-refractivity contribution in [3.05, 3.63) is 35.6 Å². The minimum absolute atomic E-state index is 0.0437. The summed E-state index contributed by atoms with van der Waals surface area (Å²) in [6.45, 7) is 5.19. The molecule has 0 aromatic heterocycles. The van der Waals surface area contributed by atoms with E-state index in [1.807, 2.05) is 12.1 Å². The van der Waals surface area contributed by atoms with Crippen LogP contribution in [0.1, 0.15) is 44.6 Å². The van der Waals surface area contributed by atoms with Crippen LogP contribution in [0, 0.1) is 11.7 Å². The van der Waals surface area contributed by atoms with Crippen LogP contribution < -0.4 is 5.32 Å². The molecule has 0 spiro atoms. The van der Waals surface area contributed by atoms with E-state index in [0.29, 0.717) is 12.1 Å². The standard InChI is InChI=1S/C18H27FN2O/c1-2-3-6-11-20-18(22)16-9-7-12-21(14-16)13-15-8-4-5-10-17(15)19/h4-5,8,10,16H,2-3,6-7,9,11-14H2,1H3,(H,20,22). The zero-order valence-corrected chi connectivity index (χ0v) is 13.5. The summed E-state index contributed by atoms with van der Waals surface area (Å²) in [4.78, 5) is 14.4. The van der Waals surface area contributed by atoms with Crippen molar-refractivity contribution in [2.75, 3.05) is 19.6 Å². The highest BCUT2D eigenvalue weighted by Crippen LogP contribution is 2.19. The van der Waals surface area contributed by atoms with Crippen LogP contribution in [-0.4, -0.2) is 30.4 Å². The van der Waals surface area contributed by atoms with E-state index >= 15 is 0 Å². The first-order valence-corrected chi connectivity index (χ1v) is 8.44. The first kappa shape index (κ1) is 16.9. The molecule has 1 aromatic rings. The molecule has 1 saturated heterocycles. The zero-order valence-electron chi connectivity index (χ0n) is 13.5. The number of benzene rings is 1. The molecule has 1 heterocycles. The maximum absolute atomic E-state index is 13.7. The number of likely N-dealkylation sites (tertiary alicyclic amines) is 1. The van der Waals surface area contributed by atoms with Crippen LogP contribution in [0.4, 0.5) is 4.39 Å². The van der Waals surface area contributed by atoms with Gasteiger partial charge in [0.1, 0.15) is 5.82 Å². The zero-order chi connectivity index (χ0) is 15.8. The Labute approximate surface area is 132 Å². The highest BCUT2D eigenvalue weighted by Gasteiger charge is 2.25. The molecular weight excluding hydrogens is 279 g/mol. The van der Waals surface area contributed by atoms with Gasteiger partial charge < -0.3 is 5.32 Å². The number of hydrogen-bond acceptors (Lipinski definition) is 2. The van der Waals surface area contributed by atoms with Crippen LogP contribution in [0.2, 0.25) is 0 Å². The quantitative estimate of drug-likeness (QED) is 0.784. The van der Waals surface area contributed by atoms with E-state index in [1.165, 1.54) is 6.07 Å². The van der Waals surface area contributed by atoms with Gasteiger partial charge in [0.15, 0.2) is 0 Å². The van der Waals surface area contributed by atoms with E-state index in [-0.39, 0.29) is 17.6 Å². The Morgan fingerprint density at radius 1 is 1.36 bits per heavy atom. The molecule has 3 nitrogen and oxygen atoms in total. The van der Waals surface area contributed by atoms with Crippen LogP contribution in [0.3, 0.4) is 0 Å². The third-order valence-corrected chi connectivity index (χ3v) is 4.31. The van der Waals surface area contributed by atoms with Crippen molar-refractivity contribution in [1.82, 2.24) is 10.2 Å². The summed E-state index contributed by atoms with van der Waals surface area (Å²) >= 11 is 0. The summed E-state index contributed by atoms with van der Waals surface area (Å²) in [6.07, 6.45) is 5.31. The Balaban J connectivity index is 1.81. The number of piperidine rings is 1. The van der Waals surface area contributed by atoms with Crippen LogP contribution in [0.25, 0.3) is 0 Å². The Morgan fingerprint density at radius 2 is 2.18 bits per heavy atom. The number of nitrogens with zero attached hydrogens (tertiary/aromatic N) is 1. The number of hydrogen-bond donors (Lipinski definition) is 1. The summed E-state index contributed by atoms with van der Waals surface area (Å²) in [6, 6.07) is 6.89. The second-order valence-electron chi connectivity index (χ2n) is 6.16. The second kappa shape index (κ2) is 8.89. The molecule has 0 aliphatic carbocycles. The molecule has 1 fully saturated rings. The van der Waals surface area contributed by atoms with Gasteiger partial charge in [0.25, 0.3) is 0 Å². The summed E-state index contributed by atoms with van der Waals surface area (Å²) < 4.78 is 13.7. The van der Waals surface area contributed by atoms with Gasteiger partial charge in [0, 0.05) is 25.2 Å². The molecule has 1 aliphatic rings. The van der Waals surface area contributed by atoms with E-state index in [2.05, 4.69) is 17.1 Å². The van der Waals surface area contributed by atoms with Gasteiger partial charge in [-0.3, -0.25) is 9.69 Å². The number of carbonyl (C=O) groups excluding carboxylic acids is 1. The van der Waals surface area contributed by atoms with Crippen molar-refractivity contribution < 1.29 is 9.18 Å². The van der Waals surface area contributed by atoms with Gasteiger partial charge in [-0.1, -0.05) is 38.0 Å². The number of carbonyl (C=O) groups is 1. The maximum Gasteiger partial charge on any atom is 0.224 e. The molecule has 1 aromatic carbocycles. The molecule has 0 radical (unpaired) electrons. The van der Waals surface area contributed by atoms with Crippen LogP contribution in [0.15, 0.2) is 24.3 Å². The molecule has 1 unspecified atom stereocenters. The van der Waals surface area contributed by atoms with E-state index in [4.69, 9.17) is 0 Å². The number of halogens is 1. The van der Waals surface area contributed by atoms with Crippen LogP contribution in [0.5, 0.6) is 0 Å². The summed E-state index contributed by atoms with van der Waals surface area (Å²) in [5, 5.41) is 3.04. The van der Waals surface area contributed by atoms with Crippen molar-refractivity contribution in [2.45, 2.75) is 45.6 Å². The molecule has 0 bridgehead atoms. The number of amides is 1. The lowest BCUT2D eigenvalue weighted by molar-refractivity contribution is -0.126. The van der Waals surface area contributed by atoms with E-state index in [9.17, 15) is 9.18 Å². The van der Waals surface area contributed by atoms with Crippen molar-refractivity contribution in [3.8, 4) is 0 Å². The van der Waals surface area contributed by atoms with Crippen LogP contribution >= 0.6 is 0 Å². The summed E-state index contributed by atoms with van der Waals surface area (Å²) in [7, 11) is 0. The van der Waals surface area contributed by atoms with Crippen LogP contribution in [-0.2, 0) is 11.3 Å². The average Bonchev–Trinajstić information content (AvgIpc) is 2.54. The highest BCUT2D eigenvalue weighted by molar-refractivity contribution is 5.78. The van der Waals surface area contributed by atoms with E-state index < -0.39 is 0 Å². The van der Waals surface area contributed by atoms with Crippen molar-refractivity contribution in [2.24, 2.45) is 5.92 Å². The lowest BCUT2D eigenvalue weighted by atomic mass is 9.96. The molecule has 1 N–H and O–H groups in total. The van der Waals surface area contributed by atoms with Crippen molar-refractivity contribution >= 4 is 5.91 Å². The third kappa shape index (κ3) is 5.09. The fraction of sp³-hybridized carbons (Fsp3) is 0.611.